The van der Waals surface area contributed by atoms with Gasteiger partial charge in [0.15, 0.2) is 0 Å². The second-order valence-corrected chi connectivity index (χ2v) is 4.81. The summed E-state index contributed by atoms with van der Waals surface area (Å²) in [6.07, 6.45) is 0.868. The lowest BCUT2D eigenvalue weighted by atomic mass is 9.97. The Morgan fingerprint density at radius 3 is 2.71 bits per heavy atom. The van der Waals surface area contributed by atoms with Crippen molar-refractivity contribution in [3.05, 3.63) is 28.8 Å². The summed E-state index contributed by atoms with van der Waals surface area (Å²) in [7, 11) is 0. The Labute approximate surface area is 101 Å². The molecule has 0 aromatic heterocycles. The van der Waals surface area contributed by atoms with E-state index in [1.165, 1.54) is 0 Å². The zero-order valence-electron chi connectivity index (χ0n) is 10.2. The van der Waals surface area contributed by atoms with E-state index in [1.807, 2.05) is 26.0 Å². The molecule has 0 radical (unpaired) electrons. The Hall–Kier alpha value is -1.39. The zero-order chi connectivity index (χ0) is 12.5. The van der Waals surface area contributed by atoms with Gasteiger partial charge >= 0.3 is 0 Å². The van der Waals surface area contributed by atoms with Crippen LogP contribution in [0.3, 0.4) is 0 Å². The number of aryl methyl sites for hydroxylation is 1. The normalized spacial score (nSPS) is 17.4. The Morgan fingerprint density at radius 1 is 1.47 bits per heavy atom. The first-order valence-electron chi connectivity index (χ1n) is 5.77. The summed E-state index contributed by atoms with van der Waals surface area (Å²) in [4.78, 5) is 10.9. The van der Waals surface area contributed by atoms with E-state index in [0.29, 0.717) is 25.2 Å². The minimum Gasteiger partial charge on any atom is -0.385 e. The lowest BCUT2D eigenvalue weighted by Crippen LogP contribution is -2.63. The molecule has 1 fully saturated rings. The lowest BCUT2D eigenvalue weighted by Gasteiger charge is -2.37. The van der Waals surface area contributed by atoms with E-state index < -0.39 is 5.60 Å². The first-order chi connectivity index (χ1) is 8.04. The highest BCUT2D eigenvalue weighted by Crippen LogP contribution is 2.20. The average molecular weight is 234 g/mol. The maximum absolute atomic E-state index is 10.9. The molecule has 0 bridgehead atoms. The van der Waals surface area contributed by atoms with E-state index in [9.17, 15) is 9.90 Å². The first kappa shape index (κ1) is 12.1. The Balaban J connectivity index is 2.10. The van der Waals surface area contributed by atoms with E-state index in [4.69, 9.17) is 0 Å². The van der Waals surface area contributed by atoms with Gasteiger partial charge in [0.2, 0.25) is 0 Å². The highest BCUT2D eigenvalue weighted by molar-refractivity contribution is 5.80. The van der Waals surface area contributed by atoms with Gasteiger partial charge in [-0.25, -0.2) is 0 Å². The van der Waals surface area contributed by atoms with Crippen molar-refractivity contribution in [1.29, 1.82) is 0 Å². The Bertz CT molecular complexity index is 439. The molecule has 1 aliphatic heterocycles. The predicted octanol–water partition coefficient (Wildman–Crippen LogP) is 0.862. The molecule has 0 amide bonds. The topological polar surface area (TPSA) is 61.4 Å². The molecule has 0 unspecified atom stereocenters. The van der Waals surface area contributed by atoms with Crippen molar-refractivity contribution >= 4 is 12.0 Å². The Kier molecular flexibility index (Phi) is 3.17. The molecule has 2 rings (SSSR count). The van der Waals surface area contributed by atoms with E-state index in [0.717, 1.165) is 23.1 Å². The molecule has 0 spiro atoms. The summed E-state index contributed by atoms with van der Waals surface area (Å²) in [6, 6.07) is 3.82. The van der Waals surface area contributed by atoms with Gasteiger partial charge in [-0.05, 0) is 37.1 Å². The highest BCUT2D eigenvalue weighted by atomic mass is 16.3. The molecule has 17 heavy (non-hydrogen) atoms. The summed E-state index contributed by atoms with van der Waals surface area (Å²) in [5.74, 6) is 0. The minimum atomic E-state index is -0.653. The number of nitrogens with one attached hydrogen (secondary N) is 2. The SMILES string of the molecule is Cc1cc(NCC2(O)CNC2)cc(C=O)c1C. The van der Waals surface area contributed by atoms with Crippen LogP contribution >= 0.6 is 0 Å². The Morgan fingerprint density at radius 2 is 2.18 bits per heavy atom. The van der Waals surface area contributed by atoms with Crippen molar-refractivity contribution in [3.63, 3.8) is 0 Å². The van der Waals surface area contributed by atoms with Crippen LogP contribution in [0.1, 0.15) is 21.5 Å². The molecule has 1 aromatic rings. The molecule has 0 saturated carbocycles. The van der Waals surface area contributed by atoms with Crippen molar-refractivity contribution in [3.8, 4) is 0 Å². The molecule has 92 valence electrons. The second-order valence-electron chi connectivity index (χ2n) is 4.81. The maximum Gasteiger partial charge on any atom is 0.150 e. The van der Waals surface area contributed by atoms with Crippen LogP contribution in [0.15, 0.2) is 12.1 Å². The van der Waals surface area contributed by atoms with Gasteiger partial charge in [0.25, 0.3) is 0 Å². The van der Waals surface area contributed by atoms with Gasteiger partial charge in [-0.1, -0.05) is 0 Å². The fourth-order valence-corrected chi connectivity index (χ4v) is 1.92. The van der Waals surface area contributed by atoms with Crippen molar-refractivity contribution in [1.82, 2.24) is 5.32 Å². The van der Waals surface area contributed by atoms with Gasteiger partial charge in [0.1, 0.15) is 11.9 Å². The summed E-state index contributed by atoms with van der Waals surface area (Å²) in [5, 5.41) is 16.1. The van der Waals surface area contributed by atoms with Crippen LogP contribution < -0.4 is 10.6 Å². The van der Waals surface area contributed by atoms with Crippen molar-refractivity contribution < 1.29 is 9.90 Å². The van der Waals surface area contributed by atoms with Gasteiger partial charge < -0.3 is 15.7 Å². The average Bonchev–Trinajstić information content (AvgIpc) is 2.28. The molecule has 4 nitrogen and oxygen atoms in total. The first-order valence-corrected chi connectivity index (χ1v) is 5.77. The van der Waals surface area contributed by atoms with Gasteiger partial charge in [0, 0.05) is 30.9 Å². The van der Waals surface area contributed by atoms with E-state index in [2.05, 4.69) is 10.6 Å². The van der Waals surface area contributed by atoms with E-state index in [1.54, 1.807) is 0 Å². The molecule has 1 aliphatic rings. The maximum atomic E-state index is 10.9. The number of hydrogen-bond acceptors (Lipinski definition) is 4. The number of hydrogen-bond donors (Lipinski definition) is 3. The van der Waals surface area contributed by atoms with Gasteiger partial charge in [-0.3, -0.25) is 4.79 Å². The molecule has 3 N–H and O–H groups in total. The third-order valence-electron chi connectivity index (χ3n) is 3.36. The van der Waals surface area contributed by atoms with Crippen LogP contribution in [-0.2, 0) is 0 Å². The smallest absolute Gasteiger partial charge is 0.150 e. The number of aliphatic hydroxyl groups is 1. The van der Waals surface area contributed by atoms with E-state index >= 15 is 0 Å². The van der Waals surface area contributed by atoms with Crippen molar-refractivity contribution in [2.24, 2.45) is 0 Å². The van der Waals surface area contributed by atoms with Gasteiger partial charge in [-0.2, -0.15) is 0 Å². The van der Waals surface area contributed by atoms with Crippen LogP contribution in [-0.4, -0.2) is 36.6 Å². The largest absolute Gasteiger partial charge is 0.385 e. The molecule has 0 aliphatic carbocycles. The molecule has 1 saturated heterocycles. The molecular weight excluding hydrogens is 216 g/mol. The number of aldehydes is 1. The number of carbonyl (C=O) groups excluding carboxylic acids is 1. The molecular formula is C13H18N2O2. The number of carbonyl (C=O) groups is 1. The summed E-state index contributed by atoms with van der Waals surface area (Å²) in [5.41, 5.74) is 3.02. The third kappa shape index (κ3) is 2.48. The van der Waals surface area contributed by atoms with Gasteiger partial charge in [-0.15, -0.1) is 0 Å². The monoisotopic (exact) mass is 234 g/mol. The number of β-amino-alcohol motifs (C(OH)–C–C–N with tert-alkyl or cyclic N) is 1. The predicted molar refractivity (Wildman–Crippen MR) is 67.6 cm³/mol. The highest BCUT2D eigenvalue weighted by Gasteiger charge is 2.33. The molecule has 0 atom stereocenters. The van der Waals surface area contributed by atoms with Crippen molar-refractivity contribution in [2.45, 2.75) is 19.4 Å². The van der Waals surface area contributed by atoms with Crippen LogP contribution in [0.5, 0.6) is 0 Å². The third-order valence-corrected chi connectivity index (χ3v) is 3.36. The van der Waals surface area contributed by atoms with Crippen LogP contribution in [0.25, 0.3) is 0 Å². The molecule has 1 heterocycles. The second kappa shape index (κ2) is 4.47. The number of benzene rings is 1. The summed E-state index contributed by atoms with van der Waals surface area (Å²) < 4.78 is 0. The van der Waals surface area contributed by atoms with E-state index in [-0.39, 0.29) is 0 Å². The standard InChI is InChI=1S/C13H18N2O2/c1-9-3-12(4-11(5-16)10(9)2)15-8-13(17)6-14-7-13/h3-5,14-15,17H,6-8H2,1-2H3. The number of rotatable bonds is 4. The fraction of sp³-hybridized carbons (Fsp3) is 0.462. The van der Waals surface area contributed by atoms with Gasteiger partial charge in [0.05, 0.1) is 0 Å². The van der Waals surface area contributed by atoms with Crippen LogP contribution in [0, 0.1) is 13.8 Å². The molecule has 4 heteroatoms. The van der Waals surface area contributed by atoms with Crippen molar-refractivity contribution in [2.75, 3.05) is 25.0 Å². The minimum absolute atomic E-state index is 0.501. The fourth-order valence-electron chi connectivity index (χ4n) is 1.92. The lowest BCUT2D eigenvalue weighted by molar-refractivity contribution is 0.00313. The molecule has 1 aromatic carbocycles. The number of anilines is 1. The summed E-state index contributed by atoms with van der Waals surface area (Å²) >= 11 is 0. The quantitative estimate of drug-likeness (QED) is 0.676. The zero-order valence-corrected chi connectivity index (χ0v) is 10.2. The van der Waals surface area contributed by atoms with Crippen LogP contribution in [0.4, 0.5) is 5.69 Å². The van der Waals surface area contributed by atoms with Crippen LogP contribution in [0.2, 0.25) is 0 Å². The summed E-state index contributed by atoms with van der Waals surface area (Å²) in [6.45, 7) is 5.65.